The molecule has 0 bridgehead atoms. The minimum absolute atomic E-state index is 0.130. The average Bonchev–Trinajstić information content (AvgIpc) is 2.86. The van der Waals surface area contributed by atoms with E-state index in [1.54, 1.807) is 6.20 Å². The van der Waals surface area contributed by atoms with Crippen LogP contribution in [0.1, 0.15) is 36.1 Å². The van der Waals surface area contributed by atoms with E-state index in [2.05, 4.69) is 10.3 Å². The van der Waals surface area contributed by atoms with Gasteiger partial charge in [0, 0.05) is 6.54 Å². The molecule has 0 saturated heterocycles. The summed E-state index contributed by atoms with van der Waals surface area (Å²) in [6.07, 6.45) is 1.65. The summed E-state index contributed by atoms with van der Waals surface area (Å²) in [7, 11) is 0. The van der Waals surface area contributed by atoms with Crippen LogP contribution in [0.2, 0.25) is 0 Å². The Morgan fingerprint density at radius 3 is 2.65 bits per heavy atom. The van der Waals surface area contributed by atoms with Gasteiger partial charge in [-0.3, -0.25) is 4.79 Å². The molecule has 0 spiro atoms. The number of hydrogen-bond donors (Lipinski definition) is 2. The van der Waals surface area contributed by atoms with E-state index in [0.29, 0.717) is 12.4 Å². The van der Waals surface area contributed by atoms with Crippen LogP contribution in [-0.4, -0.2) is 22.6 Å². The van der Waals surface area contributed by atoms with E-state index in [1.165, 1.54) is 0 Å². The van der Waals surface area contributed by atoms with Crippen molar-refractivity contribution in [1.82, 2.24) is 10.3 Å². The Kier molecular flexibility index (Phi) is 4.53. The molecule has 0 aliphatic carbocycles. The fourth-order valence-corrected chi connectivity index (χ4v) is 1.99. The topological polar surface area (TPSA) is 75.4 Å². The lowest BCUT2D eigenvalue weighted by molar-refractivity contribution is -0.138. The van der Waals surface area contributed by atoms with Gasteiger partial charge in [-0.1, -0.05) is 30.3 Å². The maximum absolute atomic E-state index is 11.4. The number of oxazole rings is 1. The highest BCUT2D eigenvalue weighted by atomic mass is 16.4. The first-order chi connectivity index (χ1) is 9.58. The second kappa shape index (κ2) is 6.34. The van der Waals surface area contributed by atoms with Crippen molar-refractivity contribution in [2.45, 2.75) is 25.8 Å². The highest BCUT2D eigenvalue weighted by Gasteiger charge is 2.21. The molecular weight excluding hydrogens is 256 g/mol. The molecule has 1 heterocycles. The van der Waals surface area contributed by atoms with Crippen LogP contribution in [0.3, 0.4) is 0 Å². The molecule has 2 atom stereocenters. The molecule has 0 amide bonds. The molecule has 5 heteroatoms. The standard InChI is InChI=1S/C15H18N2O3/c1-10-8-17-14(20-10)11(2)16-9-13(15(18)19)12-6-4-3-5-7-12/h3-8,11,13,16H,9H2,1-2H3,(H,18,19). The number of carboxylic acids is 1. The summed E-state index contributed by atoms with van der Waals surface area (Å²) in [5.74, 6) is -0.125. The number of aliphatic carboxylic acids is 1. The molecule has 2 aromatic rings. The number of benzene rings is 1. The summed E-state index contributed by atoms with van der Waals surface area (Å²) in [4.78, 5) is 15.5. The summed E-state index contributed by atoms with van der Waals surface area (Å²) in [5, 5.41) is 12.5. The van der Waals surface area contributed by atoms with Crippen LogP contribution in [-0.2, 0) is 4.79 Å². The summed E-state index contributed by atoms with van der Waals surface area (Å²) in [6.45, 7) is 4.05. The first kappa shape index (κ1) is 14.3. The Hall–Kier alpha value is -2.14. The Balaban J connectivity index is 2.01. The zero-order valence-corrected chi connectivity index (χ0v) is 11.5. The lowest BCUT2D eigenvalue weighted by atomic mass is 9.99. The van der Waals surface area contributed by atoms with E-state index in [1.807, 2.05) is 44.2 Å². The van der Waals surface area contributed by atoms with Crippen LogP contribution in [0.15, 0.2) is 40.9 Å². The van der Waals surface area contributed by atoms with Crippen molar-refractivity contribution in [2.75, 3.05) is 6.54 Å². The van der Waals surface area contributed by atoms with Gasteiger partial charge in [-0.25, -0.2) is 4.98 Å². The molecule has 20 heavy (non-hydrogen) atoms. The third kappa shape index (κ3) is 3.45. The van der Waals surface area contributed by atoms with E-state index in [0.717, 1.165) is 11.3 Å². The van der Waals surface area contributed by atoms with Gasteiger partial charge in [0.15, 0.2) is 0 Å². The number of rotatable bonds is 6. The zero-order chi connectivity index (χ0) is 14.5. The molecule has 1 aromatic heterocycles. The fourth-order valence-electron chi connectivity index (χ4n) is 1.99. The van der Waals surface area contributed by atoms with Crippen molar-refractivity contribution in [3.63, 3.8) is 0 Å². The minimum atomic E-state index is -0.848. The Morgan fingerprint density at radius 1 is 1.40 bits per heavy atom. The van der Waals surface area contributed by atoms with Crippen molar-refractivity contribution in [3.8, 4) is 0 Å². The fraction of sp³-hybridized carbons (Fsp3) is 0.333. The number of aryl methyl sites for hydroxylation is 1. The quantitative estimate of drug-likeness (QED) is 0.846. The molecule has 2 N–H and O–H groups in total. The van der Waals surface area contributed by atoms with Gasteiger partial charge in [0.2, 0.25) is 5.89 Å². The van der Waals surface area contributed by atoms with Crippen LogP contribution in [0.5, 0.6) is 0 Å². The van der Waals surface area contributed by atoms with E-state index in [-0.39, 0.29) is 6.04 Å². The van der Waals surface area contributed by atoms with Crippen LogP contribution < -0.4 is 5.32 Å². The van der Waals surface area contributed by atoms with Gasteiger partial charge in [-0.05, 0) is 19.4 Å². The first-order valence-corrected chi connectivity index (χ1v) is 6.51. The Bertz CT molecular complexity index is 566. The lowest BCUT2D eigenvalue weighted by Crippen LogP contribution is -2.29. The normalized spacial score (nSPS) is 13.9. The second-order valence-corrected chi connectivity index (χ2v) is 4.74. The molecule has 2 rings (SSSR count). The number of nitrogens with zero attached hydrogens (tertiary/aromatic N) is 1. The van der Waals surface area contributed by atoms with Crippen molar-refractivity contribution < 1.29 is 14.3 Å². The molecular formula is C15H18N2O3. The number of aromatic nitrogens is 1. The van der Waals surface area contributed by atoms with Gasteiger partial charge in [-0.15, -0.1) is 0 Å². The number of hydrogen-bond acceptors (Lipinski definition) is 4. The van der Waals surface area contributed by atoms with Gasteiger partial charge in [0.25, 0.3) is 0 Å². The van der Waals surface area contributed by atoms with Gasteiger partial charge in [-0.2, -0.15) is 0 Å². The summed E-state index contributed by atoms with van der Waals surface area (Å²) >= 11 is 0. The monoisotopic (exact) mass is 274 g/mol. The number of carbonyl (C=O) groups is 1. The van der Waals surface area contributed by atoms with E-state index >= 15 is 0 Å². The molecule has 1 aromatic carbocycles. The predicted molar refractivity (Wildman–Crippen MR) is 74.5 cm³/mol. The molecule has 0 saturated carbocycles. The zero-order valence-electron chi connectivity index (χ0n) is 11.5. The smallest absolute Gasteiger partial charge is 0.312 e. The Labute approximate surface area is 117 Å². The number of nitrogens with one attached hydrogen (secondary N) is 1. The van der Waals surface area contributed by atoms with E-state index in [4.69, 9.17) is 4.42 Å². The summed E-state index contributed by atoms with van der Waals surface area (Å²) in [6, 6.07) is 9.06. The first-order valence-electron chi connectivity index (χ1n) is 6.51. The molecule has 0 aliphatic rings. The molecule has 5 nitrogen and oxygen atoms in total. The molecule has 0 fully saturated rings. The highest BCUT2D eigenvalue weighted by Crippen LogP contribution is 2.17. The largest absolute Gasteiger partial charge is 0.481 e. The molecule has 0 aliphatic heterocycles. The van der Waals surface area contributed by atoms with Crippen LogP contribution >= 0.6 is 0 Å². The highest BCUT2D eigenvalue weighted by molar-refractivity contribution is 5.76. The van der Waals surface area contributed by atoms with Crippen LogP contribution in [0.25, 0.3) is 0 Å². The predicted octanol–water partition coefficient (Wildman–Crippen LogP) is 2.50. The van der Waals surface area contributed by atoms with Gasteiger partial charge in [0.05, 0.1) is 18.2 Å². The SMILES string of the molecule is Cc1cnc(C(C)NCC(C(=O)O)c2ccccc2)o1. The molecule has 0 radical (unpaired) electrons. The third-order valence-electron chi connectivity index (χ3n) is 3.14. The van der Waals surface area contributed by atoms with E-state index < -0.39 is 11.9 Å². The maximum Gasteiger partial charge on any atom is 0.312 e. The van der Waals surface area contributed by atoms with Gasteiger partial charge >= 0.3 is 5.97 Å². The van der Waals surface area contributed by atoms with E-state index in [9.17, 15) is 9.90 Å². The van der Waals surface area contributed by atoms with Gasteiger partial charge in [0.1, 0.15) is 5.76 Å². The van der Waals surface area contributed by atoms with Crippen molar-refractivity contribution in [2.24, 2.45) is 0 Å². The minimum Gasteiger partial charge on any atom is -0.481 e. The second-order valence-electron chi connectivity index (χ2n) is 4.74. The molecule has 2 unspecified atom stereocenters. The maximum atomic E-state index is 11.4. The Morgan fingerprint density at radius 2 is 2.10 bits per heavy atom. The van der Waals surface area contributed by atoms with Crippen molar-refractivity contribution in [1.29, 1.82) is 0 Å². The van der Waals surface area contributed by atoms with Crippen LogP contribution in [0.4, 0.5) is 0 Å². The third-order valence-corrected chi connectivity index (χ3v) is 3.14. The van der Waals surface area contributed by atoms with Crippen LogP contribution in [0, 0.1) is 6.92 Å². The average molecular weight is 274 g/mol. The molecule has 106 valence electrons. The summed E-state index contributed by atoms with van der Waals surface area (Å²) in [5.41, 5.74) is 0.781. The van der Waals surface area contributed by atoms with Gasteiger partial charge < -0.3 is 14.8 Å². The summed E-state index contributed by atoms with van der Waals surface area (Å²) < 4.78 is 5.42. The number of carboxylic acid groups (broad SMARTS) is 1. The van der Waals surface area contributed by atoms with Crippen molar-refractivity contribution >= 4 is 5.97 Å². The van der Waals surface area contributed by atoms with Crippen molar-refractivity contribution in [3.05, 3.63) is 53.7 Å². The lowest BCUT2D eigenvalue weighted by Gasteiger charge is -2.16.